The van der Waals surface area contributed by atoms with Gasteiger partial charge in [0.15, 0.2) is 0 Å². The molecule has 0 aromatic rings. The molecular weight excluding hydrogens is 864 g/mol. The fraction of sp³-hybridized carbons (Fsp3) is 0.814. The minimum atomic E-state index is -4.60. The molecule has 68 heavy (non-hydrogen) atoms. The van der Waals surface area contributed by atoms with Crippen molar-refractivity contribution < 1.29 is 32.9 Å². The zero-order valence-corrected chi connectivity index (χ0v) is 46.2. The van der Waals surface area contributed by atoms with Crippen molar-refractivity contribution in [1.29, 1.82) is 0 Å². The molecule has 0 saturated heterocycles. The summed E-state index contributed by atoms with van der Waals surface area (Å²) in [7, 11) is 1.25. The summed E-state index contributed by atoms with van der Waals surface area (Å²) in [5.41, 5.74) is 0. The van der Waals surface area contributed by atoms with Gasteiger partial charge >= 0.3 is 0 Å². The molecule has 0 rings (SSSR count). The molecule has 0 fully saturated rings. The summed E-state index contributed by atoms with van der Waals surface area (Å²) in [6, 6.07) is -0.858. The van der Waals surface area contributed by atoms with E-state index in [2.05, 4.69) is 67.8 Å². The number of rotatable bonds is 52. The number of hydrogen-bond acceptors (Lipinski definition) is 6. The Balaban J connectivity index is 4.11. The molecule has 0 spiro atoms. The Bertz CT molecular complexity index is 1290. The van der Waals surface area contributed by atoms with Gasteiger partial charge in [-0.15, -0.1) is 0 Å². The molecule has 0 radical (unpaired) electrons. The van der Waals surface area contributed by atoms with Gasteiger partial charge in [-0.05, 0) is 38.5 Å². The first-order valence-corrected chi connectivity index (χ1v) is 30.1. The minimum absolute atomic E-state index is 0.00634. The number of aliphatic hydroxyl groups is 1. The average molecular weight is 976 g/mol. The number of carbonyl (C=O) groups is 1. The molecule has 0 bridgehead atoms. The Morgan fingerprint density at radius 1 is 0.515 bits per heavy atom. The minimum Gasteiger partial charge on any atom is -0.756 e. The highest BCUT2D eigenvalue weighted by molar-refractivity contribution is 7.45. The van der Waals surface area contributed by atoms with E-state index in [1.807, 2.05) is 27.2 Å². The lowest BCUT2D eigenvalue weighted by atomic mass is 10.0. The van der Waals surface area contributed by atoms with Crippen molar-refractivity contribution in [1.82, 2.24) is 5.32 Å². The number of allylic oxidation sites excluding steroid dienone is 9. The van der Waals surface area contributed by atoms with Gasteiger partial charge in [0, 0.05) is 6.42 Å². The van der Waals surface area contributed by atoms with Gasteiger partial charge in [0.2, 0.25) is 5.91 Å². The van der Waals surface area contributed by atoms with E-state index in [0.717, 1.165) is 44.9 Å². The standard InChI is InChI=1S/C59H111N2O6P/c1-6-8-10-12-14-16-18-20-22-23-24-25-26-27-28-29-30-31-32-33-34-35-36-37-39-40-42-44-46-48-50-52-58(62)57(56-67-68(64,65)66-55-54-61(3,4)5)60-59(63)53-51-49-47-45-43-41-38-21-19-17-15-13-11-9-7-2/h9,11,15,17,21,38,43,45,49,51,57-58,62H,6-8,10,12-14,16,18-20,22-37,39-42,44,46-48,50,52-56H2,1-5H3,(H-,60,63,64,65)/b11-9-,17-15-,38-21-,45-43-,51-49-. The van der Waals surface area contributed by atoms with Gasteiger partial charge in [0.25, 0.3) is 7.82 Å². The summed E-state index contributed by atoms with van der Waals surface area (Å²) >= 11 is 0. The molecule has 0 aliphatic rings. The van der Waals surface area contributed by atoms with Crippen LogP contribution in [-0.2, 0) is 18.4 Å². The van der Waals surface area contributed by atoms with Gasteiger partial charge in [-0.2, -0.15) is 0 Å². The number of quaternary nitrogens is 1. The molecule has 3 atom stereocenters. The number of unbranched alkanes of at least 4 members (excludes halogenated alkanes) is 30. The molecule has 0 aliphatic carbocycles. The molecule has 9 heteroatoms. The number of phosphoric acid groups is 1. The molecule has 3 unspecified atom stereocenters. The second-order valence-electron chi connectivity index (χ2n) is 20.6. The third kappa shape index (κ3) is 52.0. The van der Waals surface area contributed by atoms with Crippen LogP contribution in [0.1, 0.15) is 258 Å². The molecule has 398 valence electrons. The van der Waals surface area contributed by atoms with Crippen LogP contribution in [0.15, 0.2) is 60.8 Å². The maximum Gasteiger partial charge on any atom is 0.268 e. The number of likely N-dealkylation sites (N-methyl/N-ethyl adjacent to an activating group) is 1. The summed E-state index contributed by atoms with van der Waals surface area (Å²) in [6.07, 6.45) is 67.4. The predicted octanol–water partition coefficient (Wildman–Crippen LogP) is 16.7. The zero-order valence-electron chi connectivity index (χ0n) is 45.3. The summed E-state index contributed by atoms with van der Waals surface area (Å²) in [5, 5.41) is 13.9. The number of nitrogens with zero attached hydrogens (tertiary/aromatic N) is 1. The van der Waals surface area contributed by atoms with Crippen molar-refractivity contribution in [2.24, 2.45) is 0 Å². The van der Waals surface area contributed by atoms with E-state index in [1.54, 1.807) is 6.08 Å². The highest BCUT2D eigenvalue weighted by Crippen LogP contribution is 2.38. The first kappa shape index (κ1) is 66.2. The van der Waals surface area contributed by atoms with Crippen LogP contribution in [0.2, 0.25) is 0 Å². The lowest BCUT2D eigenvalue weighted by Gasteiger charge is -2.30. The normalized spacial score (nSPS) is 14.4. The quantitative estimate of drug-likeness (QED) is 0.0272. The molecule has 0 aliphatic heterocycles. The van der Waals surface area contributed by atoms with Gasteiger partial charge in [0.1, 0.15) is 13.2 Å². The number of amides is 1. The van der Waals surface area contributed by atoms with E-state index in [4.69, 9.17) is 9.05 Å². The molecule has 0 heterocycles. The summed E-state index contributed by atoms with van der Waals surface area (Å²) < 4.78 is 23.3. The van der Waals surface area contributed by atoms with Crippen LogP contribution in [0.3, 0.4) is 0 Å². The monoisotopic (exact) mass is 975 g/mol. The van der Waals surface area contributed by atoms with Gasteiger partial charge < -0.3 is 28.8 Å². The Morgan fingerprint density at radius 3 is 1.18 bits per heavy atom. The van der Waals surface area contributed by atoms with Crippen molar-refractivity contribution >= 4 is 13.7 Å². The zero-order chi connectivity index (χ0) is 49.9. The van der Waals surface area contributed by atoms with Gasteiger partial charge in [0.05, 0.1) is 39.9 Å². The number of carbonyl (C=O) groups excluding carboxylic acids is 1. The van der Waals surface area contributed by atoms with Gasteiger partial charge in [-0.3, -0.25) is 9.36 Å². The van der Waals surface area contributed by atoms with Crippen LogP contribution in [0.25, 0.3) is 0 Å². The molecule has 8 nitrogen and oxygen atoms in total. The van der Waals surface area contributed by atoms with E-state index >= 15 is 0 Å². The molecular formula is C59H111N2O6P. The average Bonchev–Trinajstić information content (AvgIpc) is 3.30. The first-order valence-electron chi connectivity index (χ1n) is 28.6. The summed E-state index contributed by atoms with van der Waals surface area (Å²) in [4.78, 5) is 25.4. The number of hydrogen-bond donors (Lipinski definition) is 2. The van der Waals surface area contributed by atoms with Crippen molar-refractivity contribution in [3.63, 3.8) is 0 Å². The van der Waals surface area contributed by atoms with E-state index in [0.29, 0.717) is 23.9 Å². The Labute approximate surface area is 422 Å². The number of nitrogens with one attached hydrogen (secondary N) is 1. The van der Waals surface area contributed by atoms with Crippen LogP contribution >= 0.6 is 7.82 Å². The van der Waals surface area contributed by atoms with Crippen LogP contribution in [0.4, 0.5) is 0 Å². The number of phosphoric ester groups is 1. The van der Waals surface area contributed by atoms with Gasteiger partial charge in [-0.25, -0.2) is 0 Å². The van der Waals surface area contributed by atoms with E-state index in [1.165, 1.54) is 180 Å². The topological polar surface area (TPSA) is 108 Å². The van der Waals surface area contributed by atoms with E-state index < -0.39 is 20.0 Å². The van der Waals surface area contributed by atoms with E-state index in [-0.39, 0.29) is 25.5 Å². The second kappa shape index (κ2) is 50.2. The van der Waals surface area contributed by atoms with Gasteiger partial charge in [-0.1, -0.05) is 274 Å². The lowest BCUT2D eigenvalue weighted by molar-refractivity contribution is -0.870. The first-order chi connectivity index (χ1) is 33.0. The molecule has 0 aromatic heterocycles. The van der Waals surface area contributed by atoms with Crippen molar-refractivity contribution in [2.45, 2.75) is 270 Å². The molecule has 0 saturated carbocycles. The highest BCUT2D eigenvalue weighted by atomic mass is 31.2. The Kier molecular flexibility index (Phi) is 48.8. The van der Waals surface area contributed by atoms with Crippen molar-refractivity contribution in [3.8, 4) is 0 Å². The van der Waals surface area contributed by atoms with Crippen LogP contribution in [0.5, 0.6) is 0 Å². The third-order valence-electron chi connectivity index (χ3n) is 12.8. The maximum absolute atomic E-state index is 12.9. The fourth-order valence-electron chi connectivity index (χ4n) is 8.35. The van der Waals surface area contributed by atoms with Crippen molar-refractivity contribution in [3.05, 3.63) is 60.8 Å². The van der Waals surface area contributed by atoms with Crippen LogP contribution < -0.4 is 10.2 Å². The SMILES string of the molecule is CC/C=C\C/C=C\C/C=C\C/C=C\C/C=C\CC(=O)NC(COP(=O)([O-])OCC[N+](C)(C)C)C(O)CCCCCCCCCCCCCCCCCCCCCCCCCCCCCCCCC. The second-order valence-corrected chi connectivity index (χ2v) is 22.0. The number of aliphatic hydroxyl groups excluding tert-OH is 1. The van der Waals surface area contributed by atoms with Crippen LogP contribution in [-0.4, -0.2) is 68.5 Å². The predicted molar refractivity (Wildman–Crippen MR) is 293 cm³/mol. The lowest BCUT2D eigenvalue weighted by Crippen LogP contribution is -2.46. The largest absolute Gasteiger partial charge is 0.756 e. The fourth-order valence-corrected chi connectivity index (χ4v) is 9.07. The molecule has 2 N–H and O–H groups in total. The summed E-state index contributed by atoms with van der Waals surface area (Å²) in [6.45, 7) is 4.55. The Hall–Kier alpha value is -1.80. The molecule has 1 amide bonds. The highest BCUT2D eigenvalue weighted by Gasteiger charge is 2.24. The van der Waals surface area contributed by atoms with E-state index in [9.17, 15) is 19.4 Å². The third-order valence-corrected chi connectivity index (χ3v) is 13.8. The van der Waals surface area contributed by atoms with Crippen LogP contribution in [0, 0.1) is 0 Å². The smallest absolute Gasteiger partial charge is 0.268 e. The maximum atomic E-state index is 12.9. The summed E-state index contributed by atoms with van der Waals surface area (Å²) in [5.74, 6) is -0.290. The van der Waals surface area contributed by atoms with Crippen molar-refractivity contribution in [2.75, 3.05) is 40.9 Å². The Morgan fingerprint density at radius 2 is 0.838 bits per heavy atom. The molecule has 0 aromatic carbocycles.